The van der Waals surface area contributed by atoms with Crippen molar-refractivity contribution in [3.8, 4) is 5.75 Å². The Morgan fingerprint density at radius 3 is 2.55 bits per heavy atom. The Morgan fingerprint density at radius 1 is 1.45 bits per heavy atom. The molecule has 0 aromatic heterocycles. The van der Waals surface area contributed by atoms with Gasteiger partial charge in [0, 0.05) is 4.47 Å². The minimum atomic E-state index is -0.698. The van der Waals surface area contributed by atoms with E-state index in [1.807, 2.05) is 0 Å². The molecule has 1 rings (SSSR count). The third-order valence-electron chi connectivity index (χ3n) is 1.21. The zero-order chi connectivity index (χ0) is 8.43. The largest absolute Gasteiger partial charge is 0.365 e. The smallest absolute Gasteiger partial charge is 0.252 e. The summed E-state index contributed by atoms with van der Waals surface area (Å²) in [6.07, 6.45) is 0. The Labute approximate surface area is 72.0 Å². The SMILES string of the molecule is NC(=O)c1cc(Br)ccc1[O]. The second kappa shape index (κ2) is 2.92. The van der Waals surface area contributed by atoms with Crippen LogP contribution >= 0.6 is 15.9 Å². The first-order chi connectivity index (χ1) is 5.11. The molecule has 2 N–H and O–H groups in total. The molecular formula is C7H5BrNO2. The summed E-state index contributed by atoms with van der Waals surface area (Å²) in [7, 11) is 0. The second-order valence-electron chi connectivity index (χ2n) is 2.00. The minimum Gasteiger partial charge on any atom is -0.365 e. The molecule has 0 aliphatic carbocycles. The molecule has 0 unspecified atom stereocenters. The Morgan fingerprint density at radius 2 is 2.09 bits per heavy atom. The van der Waals surface area contributed by atoms with Crippen molar-refractivity contribution in [2.45, 2.75) is 0 Å². The molecule has 1 amide bonds. The van der Waals surface area contributed by atoms with Crippen LogP contribution in [0.2, 0.25) is 0 Å². The van der Waals surface area contributed by atoms with Crippen molar-refractivity contribution in [1.29, 1.82) is 0 Å². The van der Waals surface area contributed by atoms with Crippen LogP contribution in [0.1, 0.15) is 10.4 Å². The fraction of sp³-hybridized carbons (Fsp3) is 0. The predicted octanol–water partition coefficient (Wildman–Crippen LogP) is 1.69. The second-order valence-corrected chi connectivity index (χ2v) is 2.92. The van der Waals surface area contributed by atoms with Gasteiger partial charge in [-0.25, -0.2) is 0 Å². The topological polar surface area (TPSA) is 63.0 Å². The maximum absolute atomic E-state index is 10.9. The zero-order valence-electron chi connectivity index (χ0n) is 5.50. The van der Waals surface area contributed by atoms with Crippen molar-refractivity contribution < 1.29 is 9.90 Å². The molecule has 0 heterocycles. The summed E-state index contributed by atoms with van der Waals surface area (Å²) in [5.41, 5.74) is 4.94. The van der Waals surface area contributed by atoms with Crippen molar-refractivity contribution >= 4 is 21.8 Å². The molecular weight excluding hydrogens is 210 g/mol. The maximum Gasteiger partial charge on any atom is 0.252 e. The van der Waals surface area contributed by atoms with Crippen molar-refractivity contribution in [3.63, 3.8) is 0 Å². The highest BCUT2D eigenvalue weighted by Gasteiger charge is 2.08. The van der Waals surface area contributed by atoms with Crippen LogP contribution in [0.25, 0.3) is 0 Å². The molecule has 0 saturated heterocycles. The Kier molecular flexibility index (Phi) is 2.14. The highest BCUT2D eigenvalue weighted by molar-refractivity contribution is 9.10. The van der Waals surface area contributed by atoms with E-state index >= 15 is 0 Å². The van der Waals surface area contributed by atoms with E-state index in [0.717, 1.165) is 0 Å². The summed E-state index contributed by atoms with van der Waals surface area (Å²) in [5, 5.41) is 10.9. The van der Waals surface area contributed by atoms with E-state index in [9.17, 15) is 9.90 Å². The van der Waals surface area contributed by atoms with E-state index in [-0.39, 0.29) is 11.3 Å². The van der Waals surface area contributed by atoms with Crippen molar-refractivity contribution in [3.05, 3.63) is 28.2 Å². The molecule has 0 atom stereocenters. The van der Waals surface area contributed by atoms with Gasteiger partial charge < -0.3 is 5.73 Å². The molecule has 0 saturated carbocycles. The average molecular weight is 215 g/mol. The predicted molar refractivity (Wildman–Crippen MR) is 42.8 cm³/mol. The number of halogens is 1. The fourth-order valence-corrected chi connectivity index (χ4v) is 1.06. The molecule has 1 aromatic rings. The number of carbonyl (C=O) groups excluding carboxylic acids is 1. The van der Waals surface area contributed by atoms with Gasteiger partial charge >= 0.3 is 0 Å². The fourth-order valence-electron chi connectivity index (χ4n) is 0.695. The first-order valence-electron chi connectivity index (χ1n) is 2.87. The molecule has 3 nitrogen and oxygen atoms in total. The van der Waals surface area contributed by atoms with E-state index in [0.29, 0.717) is 4.47 Å². The summed E-state index contributed by atoms with van der Waals surface area (Å²) < 4.78 is 0.672. The minimum absolute atomic E-state index is 0.0133. The van der Waals surface area contributed by atoms with Crippen LogP contribution in [0.15, 0.2) is 22.7 Å². The average Bonchev–Trinajstić information content (AvgIpc) is 1.94. The van der Waals surface area contributed by atoms with Gasteiger partial charge in [0.15, 0.2) is 5.75 Å². The highest BCUT2D eigenvalue weighted by atomic mass is 79.9. The molecule has 1 aromatic carbocycles. The van der Waals surface area contributed by atoms with Crippen LogP contribution < -0.4 is 5.73 Å². The van der Waals surface area contributed by atoms with Crippen molar-refractivity contribution in [2.75, 3.05) is 0 Å². The van der Waals surface area contributed by atoms with Crippen LogP contribution in [-0.2, 0) is 5.11 Å². The van der Waals surface area contributed by atoms with Crippen LogP contribution in [0.5, 0.6) is 5.75 Å². The number of hydrogen-bond acceptors (Lipinski definition) is 1. The molecule has 0 bridgehead atoms. The van der Waals surface area contributed by atoms with Gasteiger partial charge in [0.25, 0.3) is 5.91 Å². The van der Waals surface area contributed by atoms with E-state index in [1.165, 1.54) is 12.1 Å². The molecule has 0 spiro atoms. The summed E-state index contributed by atoms with van der Waals surface area (Å²) in [6, 6.07) is 4.27. The number of primary amides is 1. The van der Waals surface area contributed by atoms with Gasteiger partial charge in [-0.1, -0.05) is 15.9 Å². The lowest BCUT2D eigenvalue weighted by atomic mass is 10.2. The summed E-state index contributed by atoms with van der Waals surface area (Å²) in [6.45, 7) is 0. The number of rotatable bonds is 1. The van der Waals surface area contributed by atoms with Crippen LogP contribution in [0, 0.1) is 0 Å². The molecule has 0 aliphatic rings. The lowest BCUT2D eigenvalue weighted by Crippen LogP contribution is -2.10. The normalized spacial score (nSPS) is 9.55. The Hall–Kier alpha value is -1.03. The van der Waals surface area contributed by atoms with E-state index in [1.54, 1.807) is 6.07 Å². The van der Waals surface area contributed by atoms with E-state index < -0.39 is 5.91 Å². The number of carbonyl (C=O) groups is 1. The monoisotopic (exact) mass is 214 g/mol. The van der Waals surface area contributed by atoms with Crippen molar-refractivity contribution in [1.82, 2.24) is 0 Å². The maximum atomic E-state index is 10.9. The standard InChI is InChI=1S/C7H5BrNO2/c8-4-1-2-6(10)5(3-4)7(9)11/h1-3H,(H2,9,11). The van der Waals surface area contributed by atoms with Gasteiger partial charge in [0.05, 0.1) is 5.56 Å². The first-order valence-corrected chi connectivity index (χ1v) is 3.67. The number of amides is 1. The van der Waals surface area contributed by atoms with Gasteiger partial charge in [-0.3, -0.25) is 9.90 Å². The van der Waals surface area contributed by atoms with E-state index in [2.05, 4.69) is 15.9 Å². The lowest BCUT2D eigenvalue weighted by molar-refractivity contribution is 0.0996. The van der Waals surface area contributed by atoms with E-state index in [4.69, 9.17) is 5.73 Å². The quantitative estimate of drug-likeness (QED) is 0.760. The van der Waals surface area contributed by atoms with Crippen LogP contribution in [0.4, 0.5) is 0 Å². The van der Waals surface area contributed by atoms with Gasteiger partial charge in [-0.05, 0) is 18.2 Å². The summed E-state index contributed by atoms with van der Waals surface area (Å²) in [5.74, 6) is -1.04. The molecule has 4 heteroatoms. The summed E-state index contributed by atoms with van der Waals surface area (Å²) in [4.78, 5) is 10.6. The van der Waals surface area contributed by atoms with Crippen molar-refractivity contribution in [2.24, 2.45) is 5.73 Å². The lowest BCUT2D eigenvalue weighted by Gasteiger charge is -1.96. The van der Waals surface area contributed by atoms with Gasteiger partial charge in [-0.2, -0.15) is 0 Å². The highest BCUT2D eigenvalue weighted by Crippen LogP contribution is 2.21. The van der Waals surface area contributed by atoms with Gasteiger partial charge in [-0.15, -0.1) is 0 Å². The zero-order valence-corrected chi connectivity index (χ0v) is 7.09. The van der Waals surface area contributed by atoms with Gasteiger partial charge in [0.2, 0.25) is 0 Å². The third kappa shape index (κ3) is 1.71. The Balaban J connectivity index is 3.23. The third-order valence-corrected chi connectivity index (χ3v) is 1.70. The molecule has 0 aliphatic heterocycles. The Bertz CT molecular complexity index is 298. The van der Waals surface area contributed by atoms with Crippen LogP contribution in [-0.4, -0.2) is 5.91 Å². The summed E-state index contributed by atoms with van der Waals surface area (Å²) >= 11 is 3.12. The molecule has 11 heavy (non-hydrogen) atoms. The molecule has 57 valence electrons. The number of benzene rings is 1. The molecule has 0 fully saturated rings. The van der Waals surface area contributed by atoms with Crippen LogP contribution in [0.3, 0.4) is 0 Å². The number of nitrogens with two attached hydrogens (primary N) is 1. The number of hydrogen-bond donors (Lipinski definition) is 1. The van der Waals surface area contributed by atoms with Gasteiger partial charge in [0.1, 0.15) is 0 Å². The molecule has 1 radical (unpaired) electrons. The first kappa shape index (κ1) is 8.07.